The first-order chi connectivity index (χ1) is 15.1. The number of imide groups is 1. The highest BCUT2D eigenvalue weighted by Gasteiger charge is 2.38. The lowest BCUT2D eigenvalue weighted by atomic mass is 9.79. The zero-order valence-corrected chi connectivity index (χ0v) is 19.3. The van der Waals surface area contributed by atoms with Gasteiger partial charge < -0.3 is 10.2 Å². The maximum atomic E-state index is 13.1. The number of rotatable bonds is 4. The van der Waals surface area contributed by atoms with Gasteiger partial charge in [0.1, 0.15) is 11.5 Å². The molecule has 1 fully saturated rings. The molecular weight excluding hydrogens is 405 g/mol. The molecule has 0 radical (unpaired) electrons. The monoisotopic (exact) mass is 435 g/mol. The number of halogens is 1. The van der Waals surface area contributed by atoms with Crippen LogP contribution in [0.2, 0.25) is 0 Å². The zero-order chi connectivity index (χ0) is 23.2. The van der Waals surface area contributed by atoms with E-state index in [9.17, 15) is 14.0 Å². The molecule has 2 aliphatic heterocycles. The summed E-state index contributed by atoms with van der Waals surface area (Å²) in [6.07, 6.45) is 2.77. The van der Waals surface area contributed by atoms with E-state index in [1.165, 1.54) is 23.4 Å². The smallest absolute Gasteiger partial charge is 0.329 e. The van der Waals surface area contributed by atoms with Crippen LogP contribution in [0.25, 0.3) is 6.08 Å². The standard InChI is InChI=1S/C26H30FN3O2/c1-16(2)30-23-11-8-19(12-21(23)17(3)14-26(30,4)5)13-22-24(31)29(25(32)28-22)15-18-6-9-20(27)10-7-18/h6-13,16-17H,14-15H2,1-5H3,(H,28,32)/b22-13-/t17-/m0/s1. The topological polar surface area (TPSA) is 52.7 Å². The van der Waals surface area contributed by atoms with Gasteiger partial charge in [0.25, 0.3) is 5.91 Å². The van der Waals surface area contributed by atoms with Gasteiger partial charge in [-0.05, 0) is 87.1 Å². The number of carbonyl (C=O) groups excluding carboxylic acids is 2. The first kappa shape index (κ1) is 22.1. The van der Waals surface area contributed by atoms with Gasteiger partial charge in [-0.2, -0.15) is 0 Å². The summed E-state index contributed by atoms with van der Waals surface area (Å²) in [6.45, 7) is 11.3. The van der Waals surface area contributed by atoms with E-state index in [1.54, 1.807) is 18.2 Å². The molecule has 0 unspecified atom stereocenters. The van der Waals surface area contributed by atoms with Crippen molar-refractivity contribution >= 4 is 23.7 Å². The van der Waals surface area contributed by atoms with Gasteiger partial charge >= 0.3 is 6.03 Å². The summed E-state index contributed by atoms with van der Waals surface area (Å²) < 4.78 is 13.1. The summed E-state index contributed by atoms with van der Waals surface area (Å²) >= 11 is 0. The van der Waals surface area contributed by atoms with Crippen molar-refractivity contribution in [1.82, 2.24) is 10.2 Å². The molecule has 168 valence electrons. The predicted octanol–water partition coefficient (Wildman–Crippen LogP) is 5.42. The molecule has 0 aromatic heterocycles. The lowest BCUT2D eigenvalue weighted by molar-refractivity contribution is -0.123. The Bertz CT molecular complexity index is 1090. The molecule has 0 saturated carbocycles. The fourth-order valence-electron chi connectivity index (χ4n) is 5.19. The van der Waals surface area contributed by atoms with Crippen LogP contribution in [-0.2, 0) is 11.3 Å². The van der Waals surface area contributed by atoms with Crippen molar-refractivity contribution in [2.24, 2.45) is 0 Å². The van der Waals surface area contributed by atoms with Crippen LogP contribution in [0.3, 0.4) is 0 Å². The summed E-state index contributed by atoms with van der Waals surface area (Å²) in [4.78, 5) is 28.9. The van der Waals surface area contributed by atoms with Crippen LogP contribution in [-0.4, -0.2) is 28.4 Å². The Labute approximate surface area is 188 Å². The second-order valence-corrected chi connectivity index (χ2v) is 9.71. The third-order valence-corrected chi connectivity index (χ3v) is 6.34. The Morgan fingerprint density at radius 1 is 1.16 bits per heavy atom. The zero-order valence-electron chi connectivity index (χ0n) is 19.3. The molecule has 5 nitrogen and oxygen atoms in total. The van der Waals surface area contributed by atoms with E-state index in [1.807, 2.05) is 6.07 Å². The van der Waals surface area contributed by atoms with Gasteiger partial charge in [-0.15, -0.1) is 0 Å². The molecule has 32 heavy (non-hydrogen) atoms. The number of nitrogens with one attached hydrogen (secondary N) is 1. The van der Waals surface area contributed by atoms with Crippen molar-refractivity contribution < 1.29 is 14.0 Å². The Morgan fingerprint density at radius 2 is 1.84 bits per heavy atom. The largest absolute Gasteiger partial charge is 0.364 e. The Balaban J connectivity index is 1.61. The van der Waals surface area contributed by atoms with Gasteiger partial charge in [0.15, 0.2) is 0 Å². The molecule has 0 spiro atoms. The van der Waals surface area contributed by atoms with Gasteiger partial charge in [0, 0.05) is 17.3 Å². The highest BCUT2D eigenvalue weighted by atomic mass is 19.1. The molecule has 4 rings (SSSR count). The third-order valence-electron chi connectivity index (χ3n) is 6.34. The van der Waals surface area contributed by atoms with Gasteiger partial charge in [0.2, 0.25) is 0 Å². The number of benzene rings is 2. The van der Waals surface area contributed by atoms with Crippen LogP contribution in [0.15, 0.2) is 48.2 Å². The van der Waals surface area contributed by atoms with E-state index < -0.39 is 6.03 Å². The molecule has 0 bridgehead atoms. The van der Waals surface area contributed by atoms with Crippen molar-refractivity contribution in [3.8, 4) is 0 Å². The highest BCUT2D eigenvalue weighted by molar-refractivity contribution is 6.13. The summed E-state index contributed by atoms with van der Waals surface area (Å²) in [5.41, 5.74) is 4.37. The predicted molar refractivity (Wildman–Crippen MR) is 125 cm³/mol. The van der Waals surface area contributed by atoms with Crippen LogP contribution in [0.4, 0.5) is 14.9 Å². The van der Waals surface area contributed by atoms with Crippen LogP contribution >= 0.6 is 0 Å². The number of hydrogen-bond acceptors (Lipinski definition) is 3. The number of anilines is 1. The van der Waals surface area contributed by atoms with E-state index in [4.69, 9.17) is 0 Å². The fourth-order valence-corrected chi connectivity index (χ4v) is 5.19. The molecule has 2 heterocycles. The average molecular weight is 436 g/mol. The summed E-state index contributed by atoms with van der Waals surface area (Å²) in [6, 6.07) is 11.9. The minimum atomic E-state index is -0.468. The number of hydrogen-bond donors (Lipinski definition) is 1. The SMILES string of the molecule is CC(C)N1c2ccc(/C=C3\NC(=O)N(Cc4ccc(F)cc4)C3=O)cc2[C@@H](C)CC1(C)C. The highest BCUT2D eigenvalue weighted by Crippen LogP contribution is 2.44. The minimum Gasteiger partial charge on any atom is -0.364 e. The first-order valence-corrected chi connectivity index (χ1v) is 11.1. The molecule has 0 aliphatic carbocycles. The van der Waals surface area contributed by atoms with Crippen molar-refractivity contribution in [3.63, 3.8) is 0 Å². The van der Waals surface area contributed by atoms with Crippen molar-refractivity contribution in [2.75, 3.05) is 4.90 Å². The van der Waals surface area contributed by atoms with Gasteiger partial charge in [-0.1, -0.05) is 25.1 Å². The maximum absolute atomic E-state index is 13.1. The number of amides is 3. The Morgan fingerprint density at radius 3 is 2.50 bits per heavy atom. The number of urea groups is 1. The fraction of sp³-hybridized carbons (Fsp3) is 0.385. The third kappa shape index (κ3) is 4.01. The molecule has 2 aliphatic rings. The normalized spacial score (nSPS) is 21.3. The van der Waals surface area contributed by atoms with E-state index in [0.29, 0.717) is 17.5 Å². The maximum Gasteiger partial charge on any atom is 0.329 e. The van der Waals surface area contributed by atoms with Crippen molar-refractivity contribution in [2.45, 2.75) is 65.1 Å². The second-order valence-electron chi connectivity index (χ2n) is 9.71. The van der Waals surface area contributed by atoms with Crippen molar-refractivity contribution in [3.05, 3.63) is 70.7 Å². The molecule has 2 aromatic carbocycles. The van der Waals surface area contributed by atoms with E-state index in [0.717, 1.165) is 16.9 Å². The molecule has 1 saturated heterocycles. The van der Waals surface area contributed by atoms with Gasteiger partial charge in [-0.3, -0.25) is 9.69 Å². The lowest BCUT2D eigenvalue weighted by Gasteiger charge is -2.50. The van der Waals surface area contributed by atoms with Crippen LogP contribution < -0.4 is 10.2 Å². The Kier molecular flexibility index (Phi) is 5.57. The summed E-state index contributed by atoms with van der Waals surface area (Å²) in [5.74, 6) is -0.347. The molecule has 3 amide bonds. The lowest BCUT2D eigenvalue weighted by Crippen LogP contribution is -2.51. The summed E-state index contributed by atoms with van der Waals surface area (Å²) in [7, 11) is 0. The number of nitrogens with zero attached hydrogens (tertiary/aromatic N) is 2. The quantitative estimate of drug-likeness (QED) is 0.515. The van der Waals surface area contributed by atoms with Gasteiger partial charge in [0.05, 0.1) is 6.54 Å². The molecule has 1 atom stereocenters. The second kappa shape index (κ2) is 8.08. The number of fused-ring (bicyclic) bond motifs is 1. The molecule has 2 aromatic rings. The van der Waals surface area contributed by atoms with E-state index in [2.05, 4.69) is 57.0 Å². The van der Waals surface area contributed by atoms with Crippen molar-refractivity contribution in [1.29, 1.82) is 0 Å². The Hall–Kier alpha value is -3.15. The average Bonchev–Trinajstić information content (AvgIpc) is 2.96. The van der Waals surface area contributed by atoms with E-state index >= 15 is 0 Å². The van der Waals surface area contributed by atoms with Gasteiger partial charge in [-0.25, -0.2) is 9.18 Å². The summed E-state index contributed by atoms with van der Waals surface area (Å²) in [5, 5.41) is 2.68. The van der Waals surface area contributed by atoms with E-state index in [-0.39, 0.29) is 29.5 Å². The first-order valence-electron chi connectivity index (χ1n) is 11.1. The number of carbonyl (C=O) groups is 2. The van der Waals surface area contributed by atoms with Crippen LogP contribution in [0, 0.1) is 5.82 Å². The van der Waals surface area contributed by atoms with Crippen LogP contribution in [0.1, 0.15) is 63.6 Å². The molecule has 6 heteroatoms. The van der Waals surface area contributed by atoms with Crippen LogP contribution in [0.5, 0.6) is 0 Å². The molecule has 1 N–H and O–H groups in total. The molecular formula is C26H30FN3O2. The minimum absolute atomic E-state index is 0.0663.